The fourth-order valence-corrected chi connectivity index (χ4v) is 5.18. The minimum absolute atomic E-state index is 0.105. The lowest BCUT2D eigenvalue weighted by atomic mass is 9.85. The molecule has 0 N–H and O–H groups in total. The van der Waals surface area contributed by atoms with Crippen LogP contribution in [0.1, 0.15) is 24.0 Å². The van der Waals surface area contributed by atoms with Crippen LogP contribution in [0.3, 0.4) is 0 Å². The van der Waals surface area contributed by atoms with Gasteiger partial charge in [0.15, 0.2) is 0 Å². The second-order valence-electron chi connectivity index (χ2n) is 7.60. The minimum Gasteiger partial charge on any atom is -0.272 e. The molecule has 1 heterocycles. The van der Waals surface area contributed by atoms with Crippen molar-refractivity contribution in [1.82, 2.24) is 5.01 Å². The summed E-state index contributed by atoms with van der Waals surface area (Å²) < 4.78 is 0. The zero-order valence-corrected chi connectivity index (χ0v) is 14.1. The Morgan fingerprint density at radius 3 is 2.37 bits per heavy atom. The van der Waals surface area contributed by atoms with Gasteiger partial charge in [-0.15, -0.1) is 0 Å². The molecule has 5 rings (SSSR count). The standard InChI is InChI=1S/C19H14N4O4/c20-8-10-1-2-11(14(7-10)23(26)27)9-21-22-17(24)15-12-3-4-13(16(15)18(22)25)19(12)5-6-19/h1-4,7,9,12-13,15-16H,5-6H2/b21-9-/t12-,13-,15-,16-/m1/s1. The van der Waals surface area contributed by atoms with E-state index < -0.39 is 4.92 Å². The lowest BCUT2D eigenvalue weighted by Crippen LogP contribution is -2.30. The van der Waals surface area contributed by atoms with Crippen LogP contribution < -0.4 is 0 Å². The number of allylic oxidation sites excluding steroid dienone is 2. The second-order valence-corrected chi connectivity index (χ2v) is 7.60. The number of hydrogen-bond donors (Lipinski definition) is 0. The zero-order chi connectivity index (χ0) is 18.9. The lowest BCUT2D eigenvalue weighted by Gasteiger charge is -2.18. The van der Waals surface area contributed by atoms with Crippen LogP contribution in [0, 0.1) is 50.5 Å². The highest BCUT2D eigenvalue weighted by Crippen LogP contribution is 2.73. The Morgan fingerprint density at radius 1 is 1.22 bits per heavy atom. The Bertz CT molecular complexity index is 983. The maximum Gasteiger partial charge on any atom is 0.279 e. The molecule has 1 saturated heterocycles. The molecule has 8 heteroatoms. The van der Waals surface area contributed by atoms with Crippen LogP contribution in [0.5, 0.6) is 0 Å². The van der Waals surface area contributed by atoms with Crippen LogP contribution >= 0.6 is 0 Å². The van der Waals surface area contributed by atoms with Gasteiger partial charge < -0.3 is 0 Å². The Kier molecular flexibility index (Phi) is 3.00. The molecule has 1 aromatic carbocycles. The van der Waals surface area contributed by atoms with Crippen LogP contribution in [-0.4, -0.2) is 28.0 Å². The van der Waals surface area contributed by atoms with Gasteiger partial charge in [0, 0.05) is 6.07 Å². The van der Waals surface area contributed by atoms with E-state index in [0.717, 1.165) is 30.1 Å². The summed E-state index contributed by atoms with van der Waals surface area (Å²) in [5.74, 6) is -1.14. The fraction of sp³-hybridized carbons (Fsp3) is 0.368. The van der Waals surface area contributed by atoms with Crippen LogP contribution in [0.4, 0.5) is 5.69 Å². The van der Waals surface area contributed by atoms with Crippen molar-refractivity contribution in [3.8, 4) is 6.07 Å². The SMILES string of the molecule is N#Cc1ccc(/C=N\N2C(=O)[C@H]3[C@H](C2=O)[C@H]2C=C[C@H]3C23CC3)c([N+](=O)[O-])c1. The molecule has 2 amide bonds. The monoisotopic (exact) mass is 362 g/mol. The number of carbonyl (C=O) groups excluding carboxylic acids is 2. The first kappa shape index (κ1) is 15.9. The van der Waals surface area contributed by atoms with Crippen molar-refractivity contribution >= 4 is 23.7 Å². The number of amides is 2. The minimum atomic E-state index is -0.619. The molecule has 2 saturated carbocycles. The van der Waals surface area contributed by atoms with Gasteiger partial charge in [0.2, 0.25) is 0 Å². The van der Waals surface area contributed by atoms with E-state index in [4.69, 9.17) is 5.26 Å². The maximum atomic E-state index is 12.8. The van der Waals surface area contributed by atoms with Gasteiger partial charge in [0.25, 0.3) is 17.5 Å². The van der Waals surface area contributed by atoms with E-state index in [2.05, 4.69) is 17.3 Å². The highest BCUT2D eigenvalue weighted by molar-refractivity contribution is 6.07. The number of hydrazone groups is 1. The summed E-state index contributed by atoms with van der Waals surface area (Å²) in [5, 5.41) is 25.0. The first-order chi connectivity index (χ1) is 13.0. The molecule has 0 radical (unpaired) electrons. The molecular weight excluding hydrogens is 348 g/mol. The first-order valence-electron chi connectivity index (χ1n) is 8.76. The molecule has 8 nitrogen and oxygen atoms in total. The van der Waals surface area contributed by atoms with Crippen LogP contribution in [0.25, 0.3) is 0 Å². The molecule has 0 aromatic heterocycles. The molecule has 1 aromatic rings. The van der Waals surface area contributed by atoms with Gasteiger partial charge in [0.05, 0.1) is 40.2 Å². The molecule has 134 valence electrons. The highest BCUT2D eigenvalue weighted by atomic mass is 16.6. The normalized spacial score (nSPS) is 31.7. The largest absolute Gasteiger partial charge is 0.279 e. The summed E-state index contributed by atoms with van der Waals surface area (Å²) in [6.07, 6.45) is 7.41. The Labute approximate surface area is 153 Å². The third kappa shape index (κ3) is 1.94. The van der Waals surface area contributed by atoms with E-state index in [9.17, 15) is 19.7 Å². The smallest absolute Gasteiger partial charge is 0.272 e. The average Bonchev–Trinajstić information content (AvgIpc) is 3.26. The van der Waals surface area contributed by atoms with Crippen molar-refractivity contribution in [2.75, 3.05) is 0 Å². The predicted molar refractivity (Wildman–Crippen MR) is 92.0 cm³/mol. The Balaban J connectivity index is 1.45. The van der Waals surface area contributed by atoms with Crippen molar-refractivity contribution in [2.24, 2.45) is 34.2 Å². The fourth-order valence-electron chi connectivity index (χ4n) is 5.18. The summed E-state index contributed by atoms with van der Waals surface area (Å²) in [7, 11) is 0. The maximum absolute atomic E-state index is 12.8. The number of rotatable bonds is 3. The summed E-state index contributed by atoms with van der Waals surface area (Å²) in [4.78, 5) is 36.3. The topological polar surface area (TPSA) is 117 Å². The van der Waals surface area contributed by atoms with E-state index in [1.807, 2.05) is 6.07 Å². The number of imide groups is 1. The van der Waals surface area contributed by atoms with Crippen molar-refractivity contribution < 1.29 is 14.5 Å². The van der Waals surface area contributed by atoms with E-state index in [0.29, 0.717) is 0 Å². The number of benzene rings is 1. The number of fused-ring (bicyclic) bond motifs is 3. The summed E-state index contributed by atoms with van der Waals surface area (Å²) in [6, 6.07) is 5.80. The molecule has 3 fully saturated rings. The molecule has 1 aliphatic heterocycles. The number of hydrogen-bond acceptors (Lipinski definition) is 6. The van der Waals surface area contributed by atoms with Crippen molar-refractivity contribution in [1.29, 1.82) is 5.26 Å². The highest BCUT2D eigenvalue weighted by Gasteiger charge is 2.73. The van der Waals surface area contributed by atoms with Crippen LogP contribution in [-0.2, 0) is 9.59 Å². The number of nitro groups is 1. The lowest BCUT2D eigenvalue weighted by molar-refractivity contribution is -0.385. The molecule has 3 aliphatic carbocycles. The van der Waals surface area contributed by atoms with Gasteiger partial charge in [-0.25, -0.2) is 0 Å². The first-order valence-corrected chi connectivity index (χ1v) is 8.76. The Morgan fingerprint density at radius 2 is 1.85 bits per heavy atom. The molecule has 4 atom stereocenters. The van der Waals surface area contributed by atoms with Gasteiger partial charge in [-0.1, -0.05) is 12.2 Å². The van der Waals surface area contributed by atoms with Crippen molar-refractivity contribution in [3.05, 3.63) is 51.6 Å². The molecule has 1 spiro atoms. The zero-order valence-electron chi connectivity index (χ0n) is 14.1. The van der Waals surface area contributed by atoms with Gasteiger partial charge >= 0.3 is 0 Å². The number of carbonyl (C=O) groups is 2. The predicted octanol–water partition coefficient (Wildman–Crippen LogP) is 2.00. The third-order valence-electron chi connectivity index (χ3n) is 6.50. The van der Waals surface area contributed by atoms with Gasteiger partial charge in [-0.2, -0.15) is 15.4 Å². The van der Waals surface area contributed by atoms with Crippen LogP contribution in [0.15, 0.2) is 35.5 Å². The molecule has 2 bridgehead atoms. The number of nitrogens with zero attached hydrogens (tertiary/aromatic N) is 4. The van der Waals surface area contributed by atoms with E-state index >= 15 is 0 Å². The summed E-state index contributed by atoms with van der Waals surface area (Å²) >= 11 is 0. The quantitative estimate of drug-likeness (QED) is 0.268. The number of nitriles is 1. The average molecular weight is 362 g/mol. The molecule has 0 unspecified atom stereocenters. The van der Waals surface area contributed by atoms with E-state index in [-0.39, 0.29) is 57.7 Å². The van der Waals surface area contributed by atoms with Gasteiger partial charge in [0.1, 0.15) is 0 Å². The third-order valence-corrected chi connectivity index (χ3v) is 6.50. The van der Waals surface area contributed by atoms with Crippen molar-refractivity contribution in [3.63, 3.8) is 0 Å². The summed E-state index contributed by atoms with van der Waals surface area (Å²) in [6.45, 7) is 0. The van der Waals surface area contributed by atoms with E-state index in [1.165, 1.54) is 12.1 Å². The molecule has 27 heavy (non-hydrogen) atoms. The molecule has 4 aliphatic rings. The van der Waals surface area contributed by atoms with Crippen LogP contribution in [0.2, 0.25) is 0 Å². The second kappa shape index (κ2) is 5.10. The van der Waals surface area contributed by atoms with E-state index in [1.54, 1.807) is 0 Å². The van der Waals surface area contributed by atoms with Crippen molar-refractivity contribution in [2.45, 2.75) is 12.8 Å². The summed E-state index contributed by atoms with van der Waals surface area (Å²) in [5.41, 5.74) is 0.105. The van der Waals surface area contributed by atoms with Gasteiger partial charge in [-0.3, -0.25) is 19.7 Å². The number of nitro benzene ring substituents is 1. The van der Waals surface area contributed by atoms with Gasteiger partial charge in [-0.05, 0) is 42.2 Å². The molecular formula is C19H14N4O4. The Hall–Kier alpha value is -3.34.